The van der Waals surface area contributed by atoms with Gasteiger partial charge in [-0.25, -0.2) is 8.42 Å². The predicted octanol–water partition coefficient (Wildman–Crippen LogP) is 3.57. The van der Waals surface area contributed by atoms with Crippen molar-refractivity contribution in [2.75, 3.05) is 36.7 Å². The van der Waals surface area contributed by atoms with Crippen molar-refractivity contribution in [2.24, 2.45) is 0 Å². The standard InChI is InChI=1S/C22H25BrN2O6S/c1-4-21(27)25-9-7-14-11-15(23)12-19(22(14)25)32(28,29)10-8-20(26)24-17-6-5-16(30-2)13-18(17)31-3/h5-6,11-13H,4,7-10H2,1-3H3,(H,24,26). The highest BCUT2D eigenvalue weighted by molar-refractivity contribution is 9.10. The summed E-state index contributed by atoms with van der Waals surface area (Å²) in [4.78, 5) is 26.4. The first-order valence-corrected chi connectivity index (χ1v) is 12.5. The number of hydrogen-bond acceptors (Lipinski definition) is 6. The predicted molar refractivity (Wildman–Crippen MR) is 125 cm³/mol. The number of hydrogen-bond donors (Lipinski definition) is 1. The molecule has 0 spiro atoms. The van der Waals surface area contributed by atoms with Crippen molar-refractivity contribution >= 4 is 49.0 Å². The van der Waals surface area contributed by atoms with Crippen LogP contribution in [0.3, 0.4) is 0 Å². The molecule has 0 unspecified atom stereocenters. The number of carbonyl (C=O) groups is 2. The summed E-state index contributed by atoms with van der Waals surface area (Å²) in [6.45, 7) is 2.18. The van der Waals surface area contributed by atoms with E-state index in [1.165, 1.54) is 25.2 Å². The van der Waals surface area contributed by atoms with Crippen LogP contribution in [0.25, 0.3) is 0 Å². The third-order valence-electron chi connectivity index (χ3n) is 5.21. The second-order valence-corrected chi connectivity index (χ2v) is 10.2. The number of carbonyl (C=O) groups excluding carboxylic acids is 2. The lowest BCUT2D eigenvalue weighted by molar-refractivity contribution is -0.118. The first-order valence-electron chi connectivity index (χ1n) is 10.1. The minimum absolute atomic E-state index is 0.0657. The van der Waals surface area contributed by atoms with Crippen LogP contribution in [0, 0.1) is 0 Å². The van der Waals surface area contributed by atoms with E-state index in [1.54, 1.807) is 25.1 Å². The molecule has 2 aromatic carbocycles. The Balaban J connectivity index is 1.79. The van der Waals surface area contributed by atoms with Gasteiger partial charge in [0.05, 0.1) is 36.2 Å². The molecular formula is C22H25BrN2O6S. The fourth-order valence-electron chi connectivity index (χ4n) is 3.60. The van der Waals surface area contributed by atoms with Crippen LogP contribution in [0.1, 0.15) is 25.3 Å². The van der Waals surface area contributed by atoms with E-state index in [4.69, 9.17) is 9.47 Å². The number of benzene rings is 2. The molecule has 172 valence electrons. The van der Waals surface area contributed by atoms with E-state index in [1.807, 2.05) is 6.07 Å². The summed E-state index contributed by atoms with van der Waals surface area (Å²) in [5.41, 5.74) is 1.64. The number of nitrogens with zero attached hydrogens (tertiary/aromatic N) is 1. The van der Waals surface area contributed by atoms with Crippen molar-refractivity contribution in [3.8, 4) is 11.5 Å². The molecule has 0 aromatic heterocycles. The quantitative estimate of drug-likeness (QED) is 0.566. The van der Waals surface area contributed by atoms with Crippen molar-refractivity contribution in [2.45, 2.75) is 31.1 Å². The van der Waals surface area contributed by atoms with E-state index in [9.17, 15) is 18.0 Å². The van der Waals surface area contributed by atoms with Crippen molar-refractivity contribution in [3.63, 3.8) is 0 Å². The lowest BCUT2D eigenvalue weighted by atomic mass is 10.2. The molecule has 1 N–H and O–H groups in total. The number of rotatable bonds is 8. The SMILES string of the molecule is CCC(=O)N1CCc2cc(Br)cc(S(=O)(=O)CCC(=O)Nc3ccc(OC)cc3OC)c21. The Hall–Kier alpha value is -2.59. The number of amides is 2. The highest BCUT2D eigenvalue weighted by Crippen LogP contribution is 2.38. The lowest BCUT2D eigenvalue weighted by Gasteiger charge is -2.20. The molecule has 1 heterocycles. The Morgan fingerprint density at radius 3 is 2.56 bits per heavy atom. The largest absolute Gasteiger partial charge is 0.497 e. The third kappa shape index (κ3) is 5.07. The highest BCUT2D eigenvalue weighted by atomic mass is 79.9. The fraction of sp³-hybridized carbons (Fsp3) is 0.364. The maximum atomic E-state index is 13.2. The molecule has 0 bridgehead atoms. The van der Waals surface area contributed by atoms with Crippen molar-refractivity contribution < 1.29 is 27.5 Å². The molecule has 0 saturated heterocycles. The van der Waals surface area contributed by atoms with Crippen LogP contribution in [-0.2, 0) is 25.8 Å². The summed E-state index contributed by atoms with van der Waals surface area (Å²) >= 11 is 3.36. The summed E-state index contributed by atoms with van der Waals surface area (Å²) in [5.74, 6) is -0.0257. The van der Waals surface area contributed by atoms with E-state index in [0.717, 1.165) is 5.56 Å². The monoisotopic (exact) mass is 524 g/mol. The van der Waals surface area contributed by atoms with Crippen LogP contribution in [0.4, 0.5) is 11.4 Å². The van der Waals surface area contributed by atoms with Crippen LogP contribution >= 0.6 is 15.9 Å². The molecule has 2 aromatic rings. The van der Waals surface area contributed by atoms with E-state index in [-0.39, 0.29) is 23.6 Å². The number of sulfone groups is 1. The normalized spacial score (nSPS) is 12.9. The molecule has 1 aliphatic heterocycles. The van der Waals surface area contributed by atoms with Crippen LogP contribution in [-0.4, -0.2) is 46.7 Å². The molecular weight excluding hydrogens is 500 g/mol. The number of anilines is 2. The maximum Gasteiger partial charge on any atom is 0.226 e. The molecule has 0 aliphatic carbocycles. The molecule has 1 aliphatic rings. The van der Waals surface area contributed by atoms with Crippen molar-refractivity contribution in [3.05, 3.63) is 40.4 Å². The minimum Gasteiger partial charge on any atom is -0.497 e. The minimum atomic E-state index is -3.83. The average Bonchev–Trinajstić information content (AvgIpc) is 3.20. The van der Waals surface area contributed by atoms with Gasteiger partial charge in [-0.15, -0.1) is 0 Å². The molecule has 10 heteroatoms. The van der Waals surface area contributed by atoms with Crippen molar-refractivity contribution in [1.29, 1.82) is 0 Å². The van der Waals surface area contributed by atoms with Crippen LogP contribution in [0.2, 0.25) is 0 Å². The Labute approximate surface area is 195 Å². The van der Waals surface area contributed by atoms with E-state index < -0.39 is 21.5 Å². The number of ether oxygens (including phenoxy) is 2. The summed E-state index contributed by atoms with van der Waals surface area (Å²) in [5, 5.41) is 2.68. The van der Waals surface area contributed by atoms with Crippen molar-refractivity contribution in [1.82, 2.24) is 0 Å². The van der Waals surface area contributed by atoms with Gasteiger partial charge >= 0.3 is 0 Å². The lowest BCUT2D eigenvalue weighted by Crippen LogP contribution is -2.29. The summed E-state index contributed by atoms with van der Waals surface area (Å²) in [7, 11) is -0.848. The molecule has 3 rings (SSSR count). The van der Waals surface area contributed by atoms with E-state index in [0.29, 0.717) is 40.3 Å². The first-order chi connectivity index (χ1) is 15.2. The number of fused-ring (bicyclic) bond motifs is 1. The second-order valence-electron chi connectivity index (χ2n) is 7.24. The van der Waals surface area contributed by atoms with Gasteiger partial charge in [0.15, 0.2) is 9.84 Å². The van der Waals surface area contributed by atoms with Gasteiger partial charge in [-0.3, -0.25) is 9.59 Å². The summed E-state index contributed by atoms with van der Waals surface area (Å²) < 4.78 is 37.4. The highest BCUT2D eigenvalue weighted by Gasteiger charge is 2.32. The number of methoxy groups -OCH3 is 2. The molecule has 8 nitrogen and oxygen atoms in total. The topological polar surface area (TPSA) is 102 Å². The van der Waals surface area contributed by atoms with E-state index >= 15 is 0 Å². The summed E-state index contributed by atoms with van der Waals surface area (Å²) in [6.07, 6.45) is 0.613. The van der Waals surface area contributed by atoms with Crippen LogP contribution in [0.5, 0.6) is 11.5 Å². The van der Waals surface area contributed by atoms with Gasteiger partial charge in [-0.05, 0) is 36.2 Å². The molecule has 0 saturated carbocycles. The van der Waals surface area contributed by atoms with Gasteiger partial charge in [0.2, 0.25) is 11.8 Å². The van der Waals surface area contributed by atoms with Gasteiger partial charge in [-0.2, -0.15) is 0 Å². The third-order valence-corrected chi connectivity index (χ3v) is 7.39. The Morgan fingerprint density at radius 1 is 1.16 bits per heavy atom. The second kappa shape index (κ2) is 9.91. The Kier molecular flexibility index (Phi) is 7.45. The molecule has 2 amide bonds. The zero-order chi connectivity index (χ0) is 23.5. The smallest absolute Gasteiger partial charge is 0.226 e. The van der Waals surface area contributed by atoms with Gasteiger partial charge in [0.25, 0.3) is 0 Å². The zero-order valence-corrected chi connectivity index (χ0v) is 20.5. The molecule has 0 radical (unpaired) electrons. The molecule has 0 atom stereocenters. The van der Waals surface area contributed by atoms with Gasteiger partial charge in [0, 0.05) is 29.9 Å². The molecule has 0 fully saturated rings. The number of halogens is 1. The Morgan fingerprint density at radius 2 is 1.91 bits per heavy atom. The van der Waals surface area contributed by atoms with Crippen LogP contribution in [0.15, 0.2) is 39.7 Å². The number of nitrogens with one attached hydrogen (secondary N) is 1. The van der Waals surface area contributed by atoms with Gasteiger partial charge in [0.1, 0.15) is 11.5 Å². The molecule has 32 heavy (non-hydrogen) atoms. The zero-order valence-electron chi connectivity index (χ0n) is 18.1. The average molecular weight is 525 g/mol. The van der Waals surface area contributed by atoms with Gasteiger partial charge in [-0.1, -0.05) is 22.9 Å². The van der Waals surface area contributed by atoms with E-state index in [2.05, 4.69) is 21.2 Å². The maximum absolute atomic E-state index is 13.2. The Bertz CT molecular complexity index is 1150. The van der Waals surface area contributed by atoms with Crippen LogP contribution < -0.4 is 19.7 Å². The first kappa shape index (κ1) is 24.1. The fourth-order valence-corrected chi connectivity index (χ4v) is 5.77. The van der Waals surface area contributed by atoms with Gasteiger partial charge < -0.3 is 19.7 Å². The summed E-state index contributed by atoms with van der Waals surface area (Å²) in [6, 6.07) is 8.24.